The monoisotopic (exact) mass is 395 g/mol. The summed E-state index contributed by atoms with van der Waals surface area (Å²) >= 11 is 0. The molecule has 0 saturated heterocycles. The first-order chi connectivity index (χ1) is 12.7. The van der Waals surface area contributed by atoms with Gasteiger partial charge in [0, 0.05) is 19.2 Å². The molecule has 1 rings (SSSR count). The zero-order chi connectivity index (χ0) is 19.0. The second-order valence-electron chi connectivity index (χ2n) is 6.59. The number of nitrogens with zero attached hydrogens (tertiary/aromatic N) is 1. The van der Waals surface area contributed by atoms with Crippen molar-refractivity contribution in [2.45, 2.75) is 64.8 Å². The number of halogens is 1. The fourth-order valence-electron chi connectivity index (χ4n) is 2.73. The van der Waals surface area contributed by atoms with E-state index < -0.39 is 0 Å². The van der Waals surface area contributed by atoms with E-state index in [0.29, 0.717) is 18.7 Å². The van der Waals surface area contributed by atoms with E-state index in [2.05, 4.69) is 24.1 Å². The van der Waals surface area contributed by atoms with E-state index in [1.807, 2.05) is 0 Å². The highest BCUT2D eigenvalue weighted by atomic mass is 35.5. The Morgan fingerprint density at radius 3 is 2.41 bits per heavy atom. The quantitative estimate of drug-likeness (QED) is 0.267. The molecule has 2 amide bonds. The third-order valence-electron chi connectivity index (χ3n) is 4.21. The van der Waals surface area contributed by atoms with Crippen LogP contribution in [0.25, 0.3) is 0 Å². The van der Waals surface area contributed by atoms with Crippen molar-refractivity contribution < 1.29 is 26.6 Å². The molecule has 0 bridgehead atoms. The number of hydrogen-bond acceptors (Lipinski definition) is 2. The molecule has 0 spiro atoms. The van der Waals surface area contributed by atoms with Crippen molar-refractivity contribution in [3.8, 4) is 0 Å². The summed E-state index contributed by atoms with van der Waals surface area (Å²) in [6, 6.07) is 3.50. The summed E-state index contributed by atoms with van der Waals surface area (Å²) in [6.07, 6.45) is 15.1. The van der Waals surface area contributed by atoms with Crippen molar-refractivity contribution in [1.29, 1.82) is 0 Å². The molecule has 6 heteroatoms. The maximum absolute atomic E-state index is 12.0. The molecule has 0 radical (unpaired) electrons. The summed E-state index contributed by atoms with van der Waals surface area (Å²) in [5.74, 6) is -0.194. The third-order valence-corrected chi connectivity index (χ3v) is 4.21. The van der Waals surface area contributed by atoms with E-state index >= 15 is 0 Å². The lowest BCUT2D eigenvalue weighted by Gasteiger charge is -2.05. The van der Waals surface area contributed by atoms with Crippen LogP contribution in [0.4, 0.5) is 0 Å². The first-order valence-corrected chi connectivity index (χ1v) is 9.82. The van der Waals surface area contributed by atoms with E-state index in [1.165, 1.54) is 44.9 Å². The Morgan fingerprint density at radius 1 is 1.07 bits per heavy atom. The number of carbonyl (C=O) groups excluding carboxylic acids is 2. The maximum atomic E-state index is 12.0. The molecule has 5 nitrogen and oxygen atoms in total. The van der Waals surface area contributed by atoms with Crippen molar-refractivity contribution >= 4 is 11.8 Å². The van der Waals surface area contributed by atoms with E-state index in [0.717, 1.165) is 6.42 Å². The van der Waals surface area contributed by atoms with Gasteiger partial charge in [-0.1, -0.05) is 57.9 Å². The molecular formula is C21H34ClN3O2. The van der Waals surface area contributed by atoms with Gasteiger partial charge in [0.15, 0.2) is 12.4 Å². The van der Waals surface area contributed by atoms with Gasteiger partial charge in [0.1, 0.15) is 5.56 Å². The molecule has 152 valence electrons. The van der Waals surface area contributed by atoms with Crippen LogP contribution in [-0.4, -0.2) is 24.9 Å². The topological polar surface area (TPSA) is 62.1 Å². The standard InChI is InChI=1S/C21H33N3O2.ClH/c1-3-5-6-7-8-9-10-11-15-22-20(25)18-24-16-12-13-19(17-24)21(26)23-14-4-2;/h4,12-13,16-17H,2-3,5-11,14-15,18H2,1H3,(H-,22,23,25,26);1H. The Morgan fingerprint density at radius 2 is 1.74 bits per heavy atom. The molecule has 1 heterocycles. The molecule has 2 N–H and O–H groups in total. The van der Waals surface area contributed by atoms with Crippen molar-refractivity contribution in [3.63, 3.8) is 0 Å². The van der Waals surface area contributed by atoms with Crippen molar-refractivity contribution in [1.82, 2.24) is 10.6 Å². The number of amides is 2. The highest BCUT2D eigenvalue weighted by Crippen LogP contribution is 2.07. The number of nitrogens with one attached hydrogen (secondary N) is 2. The van der Waals surface area contributed by atoms with Gasteiger partial charge in [-0.3, -0.25) is 9.59 Å². The van der Waals surface area contributed by atoms with Crippen LogP contribution in [-0.2, 0) is 11.3 Å². The fourth-order valence-corrected chi connectivity index (χ4v) is 2.73. The molecular weight excluding hydrogens is 362 g/mol. The lowest BCUT2D eigenvalue weighted by atomic mass is 10.1. The Balaban J connectivity index is 0.00000676. The molecule has 0 fully saturated rings. The smallest absolute Gasteiger partial charge is 0.285 e. The van der Waals surface area contributed by atoms with Gasteiger partial charge in [0.25, 0.3) is 11.8 Å². The summed E-state index contributed by atoms with van der Waals surface area (Å²) in [7, 11) is 0. The number of unbranched alkanes of at least 4 members (excludes halogenated alkanes) is 7. The number of rotatable bonds is 14. The zero-order valence-electron chi connectivity index (χ0n) is 16.5. The molecule has 0 aliphatic rings. The molecule has 1 aromatic rings. The van der Waals surface area contributed by atoms with Gasteiger partial charge in [-0.2, -0.15) is 4.57 Å². The van der Waals surface area contributed by atoms with Crippen LogP contribution in [0.5, 0.6) is 0 Å². The van der Waals surface area contributed by atoms with E-state index in [4.69, 9.17) is 0 Å². The predicted octanol–water partition coefficient (Wildman–Crippen LogP) is 0.151. The minimum atomic E-state index is -0.168. The van der Waals surface area contributed by atoms with Crippen LogP contribution >= 0.6 is 0 Å². The second kappa shape index (κ2) is 16.3. The van der Waals surface area contributed by atoms with Gasteiger partial charge < -0.3 is 23.0 Å². The van der Waals surface area contributed by atoms with Crippen LogP contribution in [0.15, 0.2) is 37.2 Å². The molecule has 0 unspecified atom stereocenters. The maximum Gasteiger partial charge on any atom is 0.285 e. The number of carbonyl (C=O) groups is 2. The summed E-state index contributed by atoms with van der Waals surface area (Å²) in [6.45, 7) is 7.17. The Labute approximate surface area is 170 Å². The molecule has 0 aromatic carbocycles. The van der Waals surface area contributed by atoms with E-state index in [-0.39, 0.29) is 30.8 Å². The molecule has 0 aliphatic carbocycles. The van der Waals surface area contributed by atoms with Gasteiger partial charge in [-0.05, 0) is 12.5 Å². The van der Waals surface area contributed by atoms with Gasteiger partial charge in [-0.15, -0.1) is 6.58 Å². The fraction of sp³-hybridized carbons (Fsp3) is 0.571. The van der Waals surface area contributed by atoms with E-state index in [9.17, 15) is 9.59 Å². The Bertz CT molecular complexity index is 564. The number of hydrogen-bond donors (Lipinski definition) is 2. The van der Waals surface area contributed by atoms with Gasteiger partial charge in [-0.25, -0.2) is 0 Å². The summed E-state index contributed by atoms with van der Waals surface area (Å²) in [5, 5.41) is 5.68. The normalized spacial score (nSPS) is 9.96. The molecule has 0 atom stereocenters. The van der Waals surface area contributed by atoms with Crippen LogP contribution in [0.3, 0.4) is 0 Å². The lowest BCUT2D eigenvalue weighted by molar-refractivity contribution is -0.684. The summed E-state index contributed by atoms with van der Waals surface area (Å²) in [5.41, 5.74) is 0.533. The largest absolute Gasteiger partial charge is 1.00 e. The molecule has 0 saturated carbocycles. The lowest BCUT2D eigenvalue weighted by Crippen LogP contribution is -3.00. The average molecular weight is 396 g/mol. The minimum absolute atomic E-state index is 0. The number of pyridine rings is 1. The van der Waals surface area contributed by atoms with Crippen molar-refractivity contribution in [3.05, 3.63) is 42.7 Å². The molecule has 0 aliphatic heterocycles. The average Bonchev–Trinajstić information content (AvgIpc) is 2.65. The van der Waals surface area contributed by atoms with Crippen LogP contribution in [0, 0.1) is 0 Å². The Hall–Kier alpha value is -1.88. The molecule has 1 aromatic heterocycles. The van der Waals surface area contributed by atoms with Crippen molar-refractivity contribution in [2.75, 3.05) is 13.1 Å². The van der Waals surface area contributed by atoms with Gasteiger partial charge in [0.2, 0.25) is 6.54 Å². The first kappa shape index (κ1) is 25.1. The highest BCUT2D eigenvalue weighted by molar-refractivity contribution is 5.93. The van der Waals surface area contributed by atoms with E-state index in [1.54, 1.807) is 35.2 Å². The van der Waals surface area contributed by atoms with Crippen LogP contribution in [0.1, 0.15) is 68.6 Å². The second-order valence-corrected chi connectivity index (χ2v) is 6.59. The van der Waals surface area contributed by atoms with Crippen molar-refractivity contribution in [2.24, 2.45) is 0 Å². The highest BCUT2D eigenvalue weighted by Gasteiger charge is 2.12. The third kappa shape index (κ3) is 12.2. The Kier molecular flexibility index (Phi) is 15.2. The minimum Gasteiger partial charge on any atom is -1.00 e. The van der Waals surface area contributed by atoms with Gasteiger partial charge in [0.05, 0.1) is 0 Å². The SMILES string of the molecule is C=CCNC(=O)c1ccc[n+](CC(=O)NCCCCCCCCCC)c1.[Cl-]. The summed E-state index contributed by atoms with van der Waals surface area (Å²) in [4.78, 5) is 24.0. The predicted molar refractivity (Wildman–Crippen MR) is 105 cm³/mol. The zero-order valence-corrected chi connectivity index (χ0v) is 17.3. The van der Waals surface area contributed by atoms with Gasteiger partial charge >= 0.3 is 0 Å². The van der Waals surface area contributed by atoms with Crippen LogP contribution < -0.4 is 27.6 Å². The molecule has 27 heavy (non-hydrogen) atoms. The number of aromatic nitrogens is 1. The first-order valence-electron chi connectivity index (χ1n) is 9.82. The van der Waals surface area contributed by atoms with Crippen LogP contribution in [0.2, 0.25) is 0 Å². The summed E-state index contributed by atoms with van der Waals surface area (Å²) < 4.78 is 1.73.